The highest BCUT2D eigenvalue weighted by Gasteiger charge is 2.30. The van der Waals surface area contributed by atoms with Gasteiger partial charge in [-0.25, -0.2) is 4.39 Å². The lowest BCUT2D eigenvalue weighted by Gasteiger charge is -2.33. The van der Waals surface area contributed by atoms with E-state index >= 15 is 0 Å². The standard InChI is InChI=1S/C26H28ClFO2/c1-26(2,3)25(30-17-18-8-6-5-7-9-18)23-14-19(16-27)10-12-21(23)22-15-20(29-4)11-13-24(22)28/h5-15,25H,16-17H2,1-4H3/t25-/m0/s1. The van der Waals surface area contributed by atoms with Gasteiger partial charge in [-0.05, 0) is 45.9 Å². The van der Waals surface area contributed by atoms with Gasteiger partial charge in [0, 0.05) is 11.4 Å². The van der Waals surface area contributed by atoms with Crippen molar-refractivity contribution in [3.05, 3.63) is 89.2 Å². The van der Waals surface area contributed by atoms with Gasteiger partial charge in [-0.2, -0.15) is 0 Å². The molecule has 0 aliphatic rings. The lowest BCUT2D eigenvalue weighted by Crippen LogP contribution is -2.22. The highest BCUT2D eigenvalue weighted by atomic mass is 35.5. The van der Waals surface area contributed by atoms with E-state index in [2.05, 4.69) is 20.8 Å². The molecule has 0 aliphatic carbocycles. The Bertz CT molecular complexity index is 980. The van der Waals surface area contributed by atoms with Gasteiger partial charge >= 0.3 is 0 Å². The number of methoxy groups -OCH3 is 1. The highest BCUT2D eigenvalue weighted by molar-refractivity contribution is 6.17. The fourth-order valence-corrected chi connectivity index (χ4v) is 3.72. The van der Waals surface area contributed by atoms with Gasteiger partial charge in [0.2, 0.25) is 0 Å². The predicted octanol–water partition coefficient (Wildman–Crippen LogP) is 7.54. The first-order valence-electron chi connectivity index (χ1n) is 10.0. The Labute approximate surface area is 183 Å². The van der Waals surface area contributed by atoms with Gasteiger partial charge in [0.15, 0.2) is 0 Å². The third kappa shape index (κ3) is 5.21. The van der Waals surface area contributed by atoms with E-state index in [-0.39, 0.29) is 17.3 Å². The van der Waals surface area contributed by atoms with E-state index in [0.29, 0.717) is 23.8 Å². The Balaban J connectivity index is 2.10. The summed E-state index contributed by atoms with van der Waals surface area (Å²) < 4.78 is 26.6. The van der Waals surface area contributed by atoms with Crippen molar-refractivity contribution < 1.29 is 13.9 Å². The maximum Gasteiger partial charge on any atom is 0.131 e. The molecule has 0 spiro atoms. The zero-order chi connectivity index (χ0) is 21.7. The van der Waals surface area contributed by atoms with Crippen molar-refractivity contribution >= 4 is 11.6 Å². The molecular formula is C26H28ClFO2. The topological polar surface area (TPSA) is 18.5 Å². The Hall–Kier alpha value is -2.36. The molecule has 30 heavy (non-hydrogen) atoms. The summed E-state index contributed by atoms with van der Waals surface area (Å²) in [5.41, 5.74) is 4.04. The summed E-state index contributed by atoms with van der Waals surface area (Å²) in [4.78, 5) is 0. The van der Waals surface area contributed by atoms with Crippen molar-refractivity contribution in [1.29, 1.82) is 0 Å². The van der Waals surface area contributed by atoms with Crippen LogP contribution in [0.1, 0.15) is 43.6 Å². The number of rotatable bonds is 7. The molecule has 0 aliphatic heterocycles. The number of benzene rings is 3. The van der Waals surface area contributed by atoms with E-state index < -0.39 is 0 Å². The van der Waals surface area contributed by atoms with E-state index in [0.717, 1.165) is 22.3 Å². The second-order valence-corrected chi connectivity index (χ2v) is 8.71. The smallest absolute Gasteiger partial charge is 0.131 e. The van der Waals surface area contributed by atoms with Crippen molar-refractivity contribution in [1.82, 2.24) is 0 Å². The summed E-state index contributed by atoms with van der Waals surface area (Å²) in [6, 6.07) is 20.7. The normalized spacial score (nSPS) is 12.6. The quantitative estimate of drug-likeness (QED) is 0.363. The van der Waals surface area contributed by atoms with Gasteiger partial charge in [-0.15, -0.1) is 11.6 Å². The minimum atomic E-state index is -0.300. The lowest BCUT2D eigenvalue weighted by molar-refractivity contribution is -0.0301. The first kappa shape index (κ1) is 22.3. The summed E-state index contributed by atoms with van der Waals surface area (Å²) in [6.07, 6.45) is -0.263. The average Bonchev–Trinajstić information content (AvgIpc) is 2.74. The van der Waals surface area contributed by atoms with Gasteiger partial charge < -0.3 is 9.47 Å². The molecule has 158 valence electrons. The van der Waals surface area contributed by atoms with Crippen LogP contribution in [0.5, 0.6) is 5.75 Å². The third-order valence-electron chi connectivity index (χ3n) is 5.06. The molecule has 0 radical (unpaired) electrons. The molecule has 0 fully saturated rings. The van der Waals surface area contributed by atoms with Crippen LogP contribution in [-0.2, 0) is 17.2 Å². The molecule has 0 aromatic heterocycles. The Morgan fingerprint density at radius 3 is 2.27 bits per heavy atom. The van der Waals surface area contributed by atoms with Crippen LogP contribution < -0.4 is 4.74 Å². The highest BCUT2D eigenvalue weighted by Crippen LogP contribution is 2.43. The summed E-state index contributed by atoms with van der Waals surface area (Å²) in [7, 11) is 1.58. The minimum absolute atomic E-state index is 0.218. The van der Waals surface area contributed by atoms with E-state index in [9.17, 15) is 4.39 Å². The number of halogens is 2. The zero-order valence-corrected chi connectivity index (χ0v) is 18.7. The maximum absolute atomic E-state index is 14.8. The monoisotopic (exact) mass is 426 g/mol. The number of hydrogen-bond acceptors (Lipinski definition) is 2. The fourth-order valence-electron chi connectivity index (χ4n) is 3.56. The molecule has 1 atom stereocenters. The van der Waals surface area contributed by atoms with Gasteiger partial charge in [0.1, 0.15) is 11.6 Å². The van der Waals surface area contributed by atoms with E-state index in [1.807, 2.05) is 48.5 Å². The zero-order valence-electron chi connectivity index (χ0n) is 17.9. The molecule has 0 saturated carbocycles. The maximum atomic E-state index is 14.8. The van der Waals surface area contributed by atoms with E-state index in [4.69, 9.17) is 21.1 Å². The van der Waals surface area contributed by atoms with E-state index in [1.165, 1.54) is 6.07 Å². The van der Waals surface area contributed by atoms with E-state index in [1.54, 1.807) is 19.2 Å². The van der Waals surface area contributed by atoms with Crippen LogP contribution in [0.25, 0.3) is 11.1 Å². The second kappa shape index (κ2) is 9.63. The molecule has 3 rings (SSSR count). The van der Waals surface area contributed by atoms with Crippen LogP contribution in [0.4, 0.5) is 4.39 Å². The van der Waals surface area contributed by atoms with Crippen LogP contribution in [0.3, 0.4) is 0 Å². The van der Waals surface area contributed by atoms with Crippen LogP contribution in [0.15, 0.2) is 66.7 Å². The molecule has 0 heterocycles. The fraction of sp³-hybridized carbons (Fsp3) is 0.308. The van der Waals surface area contributed by atoms with Gasteiger partial charge in [0.05, 0.1) is 19.8 Å². The molecule has 0 N–H and O–H groups in total. The minimum Gasteiger partial charge on any atom is -0.497 e. The van der Waals surface area contributed by atoms with Crippen LogP contribution >= 0.6 is 11.6 Å². The van der Waals surface area contributed by atoms with Gasteiger partial charge in [-0.1, -0.05) is 69.3 Å². The Kier molecular flexibility index (Phi) is 7.17. The molecule has 4 heteroatoms. The Morgan fingerprint density at radius 2 is 1.63 bits per heavy atom. The lowest BCUT2D eigenvalue weighted by atomic mass is 9.81. The van der Waals surface area contributed by atoms with Gasteiger partial charge in [-0.3, -0.25) is 0 Å². The largest absolute Gasteiger partial charge is 0.497 e. The van der Waals surface area contributed by atoms with Crippen molar-refractivity contribution in [2.75, 3.05) is 7.11 Å². The molecule has 2 nitrogen and oxygen atoms in total. The molecular weight excluding hydrogens is 399 g/mol. The van der Waals surface area contributed by atoms with Crippen molar-refractivity contribution in [3.63, 3.8) is 0 Å². The first-order chi connectivity index (χ1) is 14.3. The second-order valence-electron chi connectivity index (χ2n) is 8.44. The molecule has 0 unspecified atom stereocenters. The molecule has 0 amide bonds. The number of hydrogen-bond donors (Lipinski definition) is 0. The number of ether oxygens (including phenoxy) is 2. The first-order valence-corrected chi connectivity index (χ1v) is 10.5. The molecule has 3 aromatic rings. The summed E-state index contributed by atoms with van der Waals surface area (Å²) in [5.74, 6) is 0.686. The summed E-state index contributed by atoms with van der Waals surface area (Å²) in [5, 5.41) is 0. The van der Waals surface area contributed by atoms with Crippen LogP contribution in [0.2, 0.25) is 0 Å². The van der Waals surface area contributed by atoms with Gasteiger partial charge in [0.25, 0.3) is 0 Å². The number of alkyl halides is 1. The third-order valence-corrected chi connectivity index (χ3v) is 5.37. The predicted molar refractivity (Wildman–Crippen MR) is 121 cm³/mol. The van der Waals surface area contributed by atoms with Crippen molar-refractivity contribution in [2.24, 2.45) is 5.41 Å². The molecule has 0 saturated heterocycles. The summed E-state index contributed by atoms with van der Waals surface area (Å²) in [6.45, 7) is 6.85. The molecule has 0 bridgehead atoms. The van der Waals surface area contributed by atoms with Crippen LogP contribution in [0, 0.1) is 11.2 Å². The molecule has 3 aromatic carbocycles. The summed E-state index contributed by atoms with van der Waals surface area (Å²) >= 11 is 6.13. The van der Waals surface area contributed by atoms with Crippen LogP contribution in [-0.4, -0.2) is 7.11 Å². The average molecular weight is 427 g/mol. The Morgan fingerprint density at radius 1 is 0.900 bits per heavy atom. The SMILES string of the molecule is COc1ccc(F)c(-c2ccc(CCl)cc2[C@H](OCc2ccccc2)C(C)(C)C)c1. The van der Waals surface area contributed by atoms with Crippen molar-refractivity contribution in [2.45, 2.75) is 39.4 Å². The van der Waals surface area contributed by atoms with Crippen molar-refractivity contribution in [3.8, 4) is 16.9 Å².